The van der Waals surface area contributed by atoms with E-state index >= 15 is 0 Å². The van der Waals surface area contributed by atoms with Crippen LogP contribution in [0.15, 0.2) is 5.16 Å². The summed E-state index contributed by atoms with van der Waals surface area (Å²) in [5, 5.41) is 9.70. The molecule has 0 amide bonds. The van der Waals surface area contributed by atoms with Crippen LogP contribution in [-0.4, -0.2) is 18.5 Å². The van der Waals surface area contributed by atoms with Gasteiger partial charge in [-0.3, -0.25) is 0 Å². The Hall–Kier alpha value is -0.555. The number of nitrogens with zero attached hydrogens (tertiary/aromatic N) is 1. The molecule has 0 rings (SSSR count). The zero-order valence-electron chi connectivity index (χ0n) is 2.10. The first-order valence-corrected chi connectivity index (χ1v) is 0.777. The molecule has 20 valence electrons. The second-order valence-corrected chi connectivity index (χ2v) is 0.258. The molecule has 0 spiro atoms. The normalized spacial score (nSPS) is 3.75. The molecule has 0 saturated heterocycles. The minimum absolute atomic E-state index is 1.86. The van der Waals surface area contributed by atoms with Gasteiger partial charge in [-0.1, -0.05) is 0 Å². The van der Waals surface area contributed by atoms with Gasteiger partial charge in [0.1, 0.15) is 0 Å². The minimum atomic E-state index is 1.86. The van der Waals surface area contributed by atoms with Crippen molar-refractivity contribution in [2.45, 2.75) is 0 Å². The molecule has 1 N–H and O–H groups in total. The summed E-state index contributed by atoms with van der Waals surface area (Å²) in [4.78, 5) is 0. The van der Waals surface area contributed by atoms with Gasteiger partial charge in [-0.15, -0.1) is 0 Å². The monoisotopic (exact) mass is 55.0 g/mol. The third-order valence-corrected chi connectivity index (χ3v) is 0.0707. The molecule has 0 atom stereocenters. The van der Waals surface area contributed by atoms with Crippen LogP contribution in [0, 0.1) is 0 Å². The van der Waals surface area contributed by atoms with E-state index in [1.807, 2.05) is 5.76 Å². The summed E-state index contributed by atoms with van der Waals surface area (Å²) in [6.07, 6.45) is 0. The molecule has 0 aliphatic heterocycles. The third kappa shape index (κ3) is 1.44. The maximum atomic E-state index is 7.33. The van der Waals surface area contributed by atoms with Gasteiger partial charge < -0.3 is 0 Å². The van der Waals surface area contributed by atoms with Gasteiger partial charge in [-0.25, -0.2) is 0 Å². The topological polar surface area (TPSA) is 32.6 Å². The predicted octanol–water partition coefficient (Wildman–Crippen LogP) is -0.818. The van der Waals surface area contributed by atoms with Crippen molar-refractivity contribution in [3.05, 3.63) is 0 Å². The van der Waals surface area contributed by atoms with Crippen LogP contribution in [0.1, 0.15) is 0 Å². The fraction of sp³-hybridized carbons (Fsp3) is 0. The van der Waals surface area contributed by atoms with E-state index in [2.05, 4.69) is 12.6 Å². The Kier molecular flexibility index (Phi) is 2.11. The fourth-order valence-electron chi connectivity index (χ4n) is 0. The van der Waals surface area contributed by atoms with E-state index in [0.717, 1.165) is 0 Å². The quantitative estimate of drug-likeness (QED) is 0.167. The third-order valence-electron chi connectivity index (χ3n) is 0.0707. The van der Waals surface area contributed by atoms with Crippen LogP contribution in [0.3, 0.4) is 0 Å². The average Bonchev–Trinajstić information content (AvgIpc) is 1.37. The first-order chi connectivity index (χ1) is 1.91. The molecule has 0 radical (unpaired) electrons. The van der Waals surface area contributed by atoms with E-state index in [1.54, 1.807) is 0 Å². The Bertz CT molecular complexity index is 46.0. The first-order valence-electron chi connectivity index (χ1n) is 0.777. The predicted molar refractivity (Wildman–Crippen MR) is 16.4 cm³/mol. The van der Waals surface area contributed by atoms with Crippen molar-refractivity contribution in [1.82, 2.24) is 0 Å². The summed E-state index contributed by atoms with van der Waals surface area (Å²) in [6.45, 7) is 0. The van der Waals surface area contributed by atoms with Crippen LogP contribution in [-0.2, 0) is 0 Å². The summed E-state index contributed by atoms with van der Waals surface area (Å²) in [5.41, 5.74) is 0. The molecular weight excluding hydrogens is 52.8 g/mol. The summed E-state index contributed by atoms with van der Waals surface area (Å²) in [5.74, 6) is 1.86. The molecule has 4 heavy (non-hydrogen) atoms. The molecule has 0 aromatic heterocycles. The van der Waals surface area contributed by atoms with Gasteiger partial charge in [0.25, 0.3) is 0 Å². The molecule has 0 heterocycles. The van der Waals surface area contributed by atoms with Crippen molar-refractivity contribution < 1.29 is 5.21 Å². The van der Waals surface area contributed by atoms with Gasteiger partial charge in [0, 0.05) is 0 Å². The van der Waals surface area contributed by atoms with Crippen LogP contribution in [0.4, 0.5) is 0 Å². The van der Waals surface area contributed by atoms with E-state index in [0.29, 0.717) is 0 Å². The molecule has 3 heteroatoms. The van der Waals surface area contributed by atoms with Gasteiger partial charge in [-0.05, 0) is 0 Å². The molecule has 0 bridgehead atoms. The van der Waals surface area contributed by atoms with Gasteiger partial charge in [-0.2, -0.15) is 0 Å². The Morgan fingerprint density at radius 3 is 2.25 bits per heavy atom. The number of rotatable bonds is 0. The summed E-state index contributed by atoms with van der Waals surface area (Å²) in [7, 11) is 2.94. The van der Waals surface area contributed by atoms with E-state index in [9.17, 15) is 0 Å². The summed E-state index contributed by atoms with van der Waals surface area (Å²) < 4.78 is 0. The van der Waals surface area contributed by atoms with E-state index in [4.69, 9.17) is 5.21 Å². The Morgan fingerprint density at radius 2 is 2.25 bits per heavy atom. The molecule has 0 aromatic rings. The fourth-order valence-corrected chi connectivity index (χ4v) is 0. The SMILES string of the molecule is B=C=NO. The Morgan fingerprint density at radius 1 is 2.00 bits per heavy atom. The number of hydrogen-bond donors (Lipinski definition) is 1. The second-order valence-electron chi connectivity index (χ2n) is 0.258. The van der Waals surface area contributed by atoms with Gasteiger partial charge in [0.05, 0.1) is 0 Å². The maximum absolute atomic E-state index is 7.33. The standard InChI is InChI=1S/CH2BNO/c2-1-3-4/h2,4H. The molecule has 0 aliphatic rings. The van der Waals surface area contributed by atoms with Crippen LogP contribution >= 0.6 is 0 Å². The van der Waals surface area contributed by atoms with Crippen molar-refractivity contribution in [2.75, 3.05) is 0 Å². The van der Waals surface area contributed by atoms with Crippen LogP contribution < -0.4 is 0 Å². The second kappa shape index (κ2) is 2.44. The first kappa shape index (κ1) is 3.44. The number of hydrogen-bond acceptors (Lipinski definition) is 2. The van der Waals surface area contributed by atoms with E-state index in [-0.39, 0.29) is 0 Å². The van der Waals surface area contributed by atoms with E-state index in [1.165, 1.54) is 0 Å². The molecule has 0 fully saturated rings. The average molecular weight is 54.8 g/mol. The molecule has 2 nitrogen and oxygen atoms in total. The van der Waals surface area contributed by atoms with E-state index < -0.39 is 0 Å². The van der Waals surface area contributed by atoms with Gasteiger partial charge in [0.2, 0.25) is 0 Å². The summed E-state index contributed by atoms with van der Waals surface area (Å²) >= 11 is 0. The van der Waals surface area contributed by atoms with Crippen molar-refractivity contribution in [3.63, 3.8) is 0 Å². The molecular formula is CH2BNO. The Balaban J connectivity index is 3.11. The molecule has 0 unspecified atom stereocenters. The van der Waals surface area contributed by atoms with Crippen LogP contribution in [0.2, 0.25) is 0 Å². The molecule has 0 saturated carbocycles. The van der Waals surface area contributed by atoms with Crippen molar-refractivity contribution >= 4 is 13.2 Å². The van der Waals surface area contributed by atoms with Crippen molar-refractivity contribution in [3.8, 4) is 0 Å². The molecule has 0 aromatic carbocycles. The zero-order chi connectivity index (χ0) is 3.41. The van der Waals surface area contributed by atoms with Gasteiger partial charge >= 0.3 is 23.6 Å². The van der Waals surface area contributed by atoms with Gasteiger partial charge in [0.15, 0.2) is 0 Å². The Labute approximate surface area is 24.8 Å². The van der Waals surface area contributed by atoms with Crippen molar-refractivity contribution in [2.24, 2.45) is 5.16 Å². The zero-order valence-corrected chi connectivity index (χ0v) is 2.10. The summed E-state index contributed by atoms with van der Waals surface area (Å²) in [6, 6.07) is 0. The van der Waals surface area contributed by atoms with Crippen LogP contribution in [0.5, 0.6) is 0 Å². The van der Waals surface area contributed by atoms with Crippen molar-refractivity contribution in [1.29, 1.82) is 0 Å². The van der Waals surface area contributed by atoms with Crippen LogP contribution in [0.25, 0.3) is 0 Å². The molecule has 0 aliphatic carbocycles.